The van der Waals surface area contributed by atoms with Gasteiger partial charge in [0.15, 0.2) is 0 Å². The normalized spacial score (nSPS) is 16.6. The van der Waals surface area contributed by atoms with Gasteiger partial charge < -0.3 is 15.3 Å². The molecule has 0 spiro atoms. The maximum absolute atomic E-state index is 12.1. The van der Waals surface area contributed by atoms with Gasteiger partial charge in [-0.1, -0.05) is 33.6 Å². The summed E-state index contributed by atoms with van der Waals surface area (Å²) in [5.74, 6) is -0.951. The lowest BCUT2D eigenvalue weighted by Gasteiger charge is -2.29. The molecule has 0 aliphatic heterocycles. The van der Waals surface area contributed by atoms with Crippen molar-refractivity contribution in [1.82, 2.24) is 10.2 Å². The molecule has 1 rings (SSSR count). The zero-order valence-electron chi connectivity index (χ0n) is 11.5. The standard InChI is InChI=1S/C13H24N2O3/c1-13(2,3)9-14-12(18)15(8-11(16)17)10-6-4-5-7-10/h10H,4-9H2,1-3H3,(H,14,18)(H,16,17). The topological polar surface area (TPSA) is 69.6 Å². The third-order valence-corrected chi connectivity index (χ3v) is 3.10. The molecule has 1 fully saturated rings. The Balaban J connectivity index is 2.58. The number of carbonyl (C=O) groups excluding carboxylic acids is 1. The molecule has 1 saturated carbocycles. The highest BCUT2D eigenvalue weighted by molar-refractivity contribution is 5.80. The van der Waals surface area contributed by atoms with E-state index in [1.807, 2.05) is 20.8 Å². The molecule has 0 bridgehead atoms. The maximum Gasteiger partial charge on any atom is 0.323 e. The van der Waals surface area contributed by atoms with Crippen molar-refractivity contribution in [2.45, 2.75) is 52.5 Å². The lowest BCUT2D eigenvalue weighted by Crippen LogP contribution is -2.49. The molecule has 0 unspecified atom stereocenters. The van der Waals surface area contributed by atoms with E-state index in [1.54, 1.807) is 0 Å². The highest BCUT2D eigenvalue weighted by Crippen LogP contribution is 2.23. The van der Waals surface area contributed by atoms with Crippen LogP contribution in [0.25, 0.3) is 0 Å². The van der Waals surface area contributed by atoms with Gasteiger partial charge in [-0.05, 0) is 18.3 Å². The number of nitrogens with one attached hydrogen (secondary N) is 1. The summed E-state index contributed by atoms with van der Waals surface area (Å²) in [6.45, 7) is 6.44. The van der Waals surface area contributed by atoms with Crippen LogP contribution >= 0.6 is 0 Å². The average Bonchev–Trinajstić information content (AvgIpc) is 2.74. The van der Waals surface area contributed by atoms with Crippen molar-refractivity contribution >= 4 is 12.0 Å². The van der Waals surface area contributed by atoms with Crippen LogP contribution in [0.1, 0.15) is 46.5 Å². The highest BCUT2D eigenvalue weighted by Gasteiger charge is 2.28. The predicted octanol–water partition coefficient (Wildman–Crippen LogP) is 2.07. The van der Waals surface area contributed by atoms with Crippen LogP contribution in [-0.2, 0) is 4.79 Å². The van der Waals surface area contributed by atoms with E-state index in [-0.39, 0.29) is 24.0 Å². The first kappa shape index (κ1) is 14.8. The van der Waals surface area contributed by atoms with Crippen molar-refractivity contribution in [2.24, 2.45) is 5.41 Å². The number of rotatable bonds is 4. The Bertz CT molecular complexity index is 304. The van der Waals surface area contributed by atoms with E-state index < -0.39 is 5.97 Å². The van der Waals surface area contributed by atoms with Gasteiger partial charge in [0.25, 0.3) is 0 Å². The van der Waals surface area contributed by atoms with Gasteiger partial charge in [-0.3, -0.25) is 4.79 Å². The minimum atomic E-state index is -0.951. The molecular formula is C13H24N2O3. The second-order valence-corrected chi connectivity index (χ2v) is 6.18. The van der Waals surface area contributed by atoms with Crippen LogP contribution in [0.15, 0.2) is 0 Å². The van der Waals surface area contributed by atoms with E-state index in [4.69, 9.17) is 5.11 Å². The lowest BCUT2D eigenvalue weighted by atomic mass is 9.97. The maximum atomic E-state index is 12.1. The second-order valence-electron chi connectivity index (χ2n) is 6.18. The van der Waals surface area contributed by atoms with Crippen molar-refractivity contribution in [2.75, 3.05) is 13.1 Å². The van der Waals surface area contributed by atoms with Gasteiger partial charge in [0, 0.05) is 12.6 Å². The summed E-state index contributed by atoms with van der Waals surface area (Å²) in [6, 6.07) is -0.166. The Kier molecular flexibility index (Phi) is 4.99. The van der Waals surface area contributed by atoms with Crippen LogP contribution in [0, 0.1) is 5.41 Å². The van der Waals surface area contributed by atoms with Crippen LogP contribution in [0.2, 0.25) is 0 Å². The first-order chi connectivity index (χ1) is 8.29. The van der Waals surface area contributed by atoms with Crippen LogP contribution in [0.3, 0.4) is 0 Å². The minimum Gasteiger partial charge on any atom is -0.480 e. The molecule has 1 aliphatic rings. The van der Waals surface area contributed by atoms with E-state index in [2.05, 4.69) is 5.32 Å². The molecule has 0 aromatic rings. The van der Waals surface area contributed by atoms with Crippen LogP contribution in [0.5, 0.6) is 0 Å². The Morgan fingerprint density at radius 2 is 1.83 bits per heavy atom. The summed E-state index contributed by atoms with van der Waals surface area (Å²) in [6.07, 6.45) is 3.98. The number of hydrogen-bond acceptors (Lipinski definition) is 2. The van der Waals surface area contributed by atoms with Crippen molar-refractivity contribution in [3.63, 3.8) is 0 Å². The molecule has 5 heteroatoms. The molecule has 2 N–H and O–H groups in total. The zero-order chi connectivity index (χ0) is 13.8. The number of urea groups is 1. The van der Waals surface area contributed by atoms with E-state index in [9.17, 15) is 9.59 Å². The van der Waals surface area contributed by atoms with E-state index in [0.29, 0.717) is 6.54 Å². The average molecular weight is 256 g/mol. The van der Waals surface area contributed by atoms with Crippen LogP contribution < -0.4 is 5.32 Å². The molecular weight excluding hydrogens is 232 g/mol. The summed E-state index contributed by atoms with van der Waals surface area (Å²) in [5.41, 5.74) is 0.000228. The smallest absolute Gasteiger partial charge is 0.323 e. The number of carboxylic acid groups (broad SMARTS) is 1. The molecule has 0 atom stereocenters. The quantitative estimate of drug-likeness (QED) is 0.809. The summed E-state index contributed by atoms with van der Waals surface area (Å²) in [5, 5.41) is 11.7. The Morgan fingerprint density at radius 3 is 2.28 bits per heavy atom. The molecule has 1 aliphatic carbocycles. The van der Waals surface area contributed by atoms with Crippen molar-refractivity contribution in [3.05, 3.63) is 0 Å². The third-order valence-electron chi connectivity index (χ3n) is 3.10. The zero-order valence-corrected chi connectivity index (χ0v) is 11.5. The van der Waals surface area contributed by atoms with Gasteiger partial charge in [-0.15, -0.1) is 0 Å². The van der Waals surface area contributed by atoms with Crippen molar-refractivity contribution in [1.29, 1.82) is 0 Å². The molecule has 18 heavy (non-hydrogen) atoms. The van der Waals surface area contributed by atoms with E-state index >= 15 is 0 Å². The summed E-state index contributed by atoms with van der Waals surface area (Å²) < 4.78 is 0. The van der Waals surface area contributed by atoms with Crippen LogP contribution in [-0.4, -0.2) is 41.1 Å². The largest absolute Gasteiger partial charge is 0.480 e. The summed E-state index contributed by atoms with van der Waals surface area (Å²) in [4.78, 5) is 24.4. The van der Waals surface area contributed by atoms with Gasteiger partial charge in [0.1, 0.15) is 6.54 Å². The molecule has 0 heterocycles. The fourth-order valence-electron chi connectivity index (χ4n) is 2.17. The molecule has 0 saturated heterocycles. The van der Waals surface area contributed by atoms with Gasteiger partial charge in [0.2, 0.25) is 0 Å². The first-order valence-electron chi connectivity index (χ1n) is 6.56. The highest BCUT2D eigenvalue weighted by atomic mass is 16.4. The number of aliphatic carboxylic acids is 1. The van der Waals surface area contributed by atoms with Gasteiger partial charge in [-0.25, -0.2) is 4.79 Å². The SMILES string of the molecule is CC(C)(C)CNC(=O)N(CC(=O)O)C1CCCC1. The Labute approximate surface area is 109 Å². The summed E-state index contributed by atoms with van der Waals surface area (Å²) in [7, 11) is 0. The fraction of sp³-hybridized carbons (Fsp3) is 0.846. The monoisotopic (exact) mass is 256 g/mol. The third kappa shape index (κ3) is 4.94. The lowest BCUT2D eigenvalue weighted by molar-refractivity contribution is -0.138. The van der Waals surface area contributed by atoms with Crippen molar-refractivity contribution < 1.29 is 14.7 Å². The predicted molar refractivity (Wildman–Crippen MR) is 69.5 cm³/mol. The van der Waals surface area contributed by atoms with Gasteiger partial charge in [-0.2, -0.15) is 0 Å². The minimum absolute atomic E-state index is 0.000228. The van der Waals surface area contributed by atoms with Crippen molar-refractivity contribution in [3.8, 4) is 0 Å². The number of amides is 2. The van der Waals surface area contributed by atoms with Gasteiger partial charge >= 0.3 is 12.0 Å². The number of hydrogen-bond donors (Lipinski definition) is 2. The number of carboxylic acids is 1. The Morgan fingerprint density at radius 1 is 1.28 bits per heavy atom. The molecule has 104 valence electrons. The molecule has 0 aromatic heterocycles. The van der Waals surface area contributed by atoms with Gasteiger partial charge in [0.05, 0.1) is 0 Å². The molecule has 0 aromatic carbocycles. The number of nitrogens with zero attached hydrogens (tertiary/aromatic N) is 1. The summed E-state index contributed by atoms with van der Waals surface area (Å²) >= 11 is 0. The molecule has 2 amide bonds. The fourth-order valence-corrected chi connectivity index (χ4v) is 2.17. The number of carbonyl (C=O) groups is 2. The van der Waals surface area contributed by atoms with E-state index in [0.717, 1.165) is 25.7 Å². The molecule has 0 radical (unpaired) electrons. The Hall–Kier alpha value is -1.26. The van der Waals surface area contributed by atoms with E-state index in [1.165, 1.54) is 4.90 Å². The molecule has 5 nitrogen and oxygen atoms in total. The second kappa shape index (κ2) is 6.07. The first-order valence-corrected chi connectivity index (χ1v) is 6.56. The van der Waals surface area contributed by atoms with Crippen LogP contribution in [0.4, 0.5) is 4.79 Å².